The maximum atomic E-state index is 13.1. The normalized spacial score (nSPS) is 11.4. The maximum Gasteiger partial charge on any atom is 0.418 e. The first-order valence-corrected chi connectivity index (χ1v) is 10.3. The summed E-state index contributed by atoms with van der Waals surface area (Å²) in [5, 5.41) is 2.67. The quantitative estimate of drug-likeness (QED) is 0.584. The highest BCUT2D eigenvalue weighted by Gasteiger charge is 2.33. The summed E-state index contributed by atoms with van der Waals surface area (Å²) >= 11 is 0. The molecule has 3 rings (SSSR count). The number of aryl methyl sites for hydroxylation is 2. The van der Waals surface area contributed by atoms with Crippen LogP contribution in [0.3, 0.4) is 0 Å². The highest BCUT2D eigenvalue weighted by molar-refractivity contribution is 5.95. The number of anilines is 1. The smallest absolute Gasteiger partial charge is 0.334 e. The molecule has 1 heterocycles. The van der Waals surface area contributed by atoms with Gasteiger partial charge in [0.15, 0.2) is 0 Å². The fraction of sp³-hybridized carbons (Fsp3) is 0.304. The molecule has 10 heteroatoms. The summed E-state index contributed by atoms with van der Waals surface area (Å²) in [6.07, 6.45) is -3.31. The second-order valence-corrected chi connectivity index (χ2v) is 7.46. The second kappa shape index (κ2) is 9.85. The Morgan fingerprint density at radius 2 is 1.85 bits per heavy atom. The third kappa shape index (κ3) is 5.57. The molecule has 0 atom stereocenters. The van der Waals surface area contributed by atoms with Gasteiger partial charge >= 0.3 is 6.18 Å². The number of nitrogens with zero attached hydrogens (tertiary/aromatic N) is 3. The summed E-state index contributed by atoms with van der Waals surface area (Å²) in [4.78, 5) is 43.1. The lowest BCUT2D eigenvalue weighted by Crippen LogP contribution is -2.38. The number of hydrogen-bond acceptors (Lipinski definition) is 4. The molecule has 0 aliphatic rings. The van der Waals surface area contributed by atoms with Gasteiger partial charge in [-0.1, -0.05) is 24.3 Å². The van der Waals surface area contributed by atoms with Crippen molar-refractivity contribution >= 4 is 28.4 Å². The van der Waals surface area contributed by atoms with Crippen LogP contribution in [0.15, 0.2) is 53.6 Å². The lowest BCUT2D eigenvalue weighted by Gasteiger charge is -2.21. The van der Waals surface area contributed by atoms with Gasteiger partial charge in [0, 0.05) is 19.5 Å². The van der Waals surface area contributed by atoms with Crippen LogP contribution in [0.4, 0.5) is 18.9 Å². The molecule has 0 aliphatic heterocycles. The third-order valence-electron chi connectivity index (χ3n) is 5.20. The number of para-hydroxylation sites is 2. The molecule has 0 bridgehead atoms. The average molecular weight is 460 g/mol. The number of hydrogen-bond donors (Lipinski definition) is 1. The molecule has 0 unspecified atom stereocenters. The number of rotatable bonds is 7. The molecule has 7 nitrogen and oxygen atoms in total. The van der Waals surface area contributed by atoms with Crippen LogP contribution in [0.1, 0.15) is 24.5 Å². The standard InChI is InChI=1S/C23H23F3N4O3/c1-3-29(13-19(31)28-18-10-5-4-9-17(18)23(24,25)26)20(32)11-12-30-14-27-21-15(2)7-6-8-16(21)22(30)33/h4-10,14H,3,11-13H2,1-2H3,(H,28,31). The lowest BCUT2D eigenvalue weighted by molar-refractivity contribution is -0.137. The molecule has 0 saturated heterocycles. The lowest BCUT2D eigenvalue weighted by atomic mass is 10.1. The van der Waals surface area contributed by atoms with Gasteiger partial charge in [0.05, 0.1) is 35.0 Å². The minimum absolute atomic E-state index is 0.0591. The number of halogens is 3. The van der Waals surface area contributed by atoms with Gasteiger partial charge in [-0.3, -0.25) is 19.0 Å². The summed E-state index contributed by atoms with van der Waals surface area (Å²) in [5.74, 6) is -1.16. The Balaban J connectivity index is 1.65. The van der Waals surface area contributed by atoms with Crippen LogP contribution in [-0.2, 0) is 22.3 Å². The van der Waals surface area contributed by atoms with Crippen molar-refractivity contribution < 1.29 is 22.8 Å². The number of fused-ring (bicyclic) bond motifs is 1. The molecule has 33 heavy (non-hydrogen) atoms. The van der Waals surface area contributed by atoms with E-state index in [9.17, 15) is 27.6 Å². The third-order valence-corrected chi connectivity index (χ3v) is 5.20. The van der Waals surface area contributed by atoms with E-state index in [2.05, 4.69) is 10.3 Å². The predicted molar refractivity (Wildman–Crippen MR) is 118 cm³/mol. The Hall–Kier alpha value is -3.69. The number of carbonyl (C=O) groups is 2. The average Bonchev–Trinajstić information content (AvgIpc) is 2.77. The van der Waals surface area contributed by atoms with Crippen LogP contribution < -0.4 is 10.9 Å². The van der Waals surface area contributed by atoms with E-state index < -0.39 is 30.1 Å². The fourth-order valence-electron chi connectivity index (χ4n) is 3.45. The first-order chi connectivity index (χ1) is 15.6. The SMILES string of the molecule is CCN(CC(=O)Nc1ccccc1C(F)(F)F)C(=O)CCn1cnc2c(C)cccc2c1=O. The molecule has 0 saturated carbocycles. The highest BCUT2D eigenvalue weighted by atomic mass is 19.4. The number of aromatic nitrogens is 2. The van der Waals surface area contributed by atoms with Crippen molar-refractivity contribution in [2.24, 2.45) is 0 Å². The van der Waals surface area contributed by atoms with Crippen molar-refractivity contribution in [1.82, 2.24) is 14.5 Å². The number of likely N-dealkylation sites (N-methyl/N-ethyl adjacent to an activating group) is 1. The Bertz CT molecular complexity index is 1240. The van der Waals surface area contributed by atoms with Crippen LogP contribution in [0.5, 0.6) is 0 Å². The Labute approximate surface area is 187 Å². The van der Waals surface area contributed by atoms with Crippen LogP contribution in [0.25, 0.3) is 10.9 Å². The predicted octanol–water partition coefficient (Wildman–Crippen LogP) is 3.60. The Kier molecular flexibility index (Phi) is 7.15. The molecule has 2 aromatic carbocycles. The summed E-state index contributed by atoms with van der Waals surface area (Å²) < 4.78 is 40.7. The van der Waals surface area contributed by atoms with Gasteiger partial charge in [-0.25, -0.2) is 4.98 Å². The van der Waals surface area contributed by atoms with E-state index in [0.29, 0.717) is 10.9 Å². The first kappa shape index (κ1) is 24.0. The van der Waals surface area contributed by atoms with Crippen LogP contribution >= 0.6 is 0 Å². The van der Waals surface area contributed by atoms with Crippen LogP contribution in [0.2, 0.25) is 0 Å². The van der Waals surface area contributed by atoms with Crippen LogP contribution in [-0.4, -0.2) is 39.4 Å². The number of nitrogens with one attached hydrogen (secondary N) is 1. The first-order valence-electron chi connectivity index (χ1n) is 10.3. The number of alkyl halides is 3. The summed E-state index contributed by atoms with van der Waals surface area (Å²) in [7, 11) is 0. The van der Waals surface area contributed by atoms with Gasteiger partial charge in [-0.15, -0.1) is 0 Å². The fourth-order valence-corrected chi connectivity index (χ4v) is 3.45. The number of carbonyl (C=O) groups excluding carboxylic acids is 2. The van der Waals surface area contributed by atoms with Crippen molar-refractivity contribution in [3.63, 3.8) is 0 Å². The minimum Gasteiger partial charge on any atom is -0.334 e. The van der Waals surface area contributed by atoms with E-state index in [0.717, 1.165) is 17.7 Å². The number of amides is 2. The van der Waals surface area contributed by atoms with E-state index in [-0.39, 0.29) is 30.8 Å². The largest absolute Gasteiger partial charge is 0.418 e. The molecule has 1 N–H and O–H groups in total. The summed E-state index contributed by atoms with van der Waals surface area (Å²) in [6, 6.07) is 9.90. The molecule has 1 aromatic heterocycles. The minimum atomic E-state index is -4.62. The van der Waals surface area contributed by atoms with E-state index in [1.807, 2.05) is 13.0 Å². The van der Waals surface area contributed by atoms with E-state index >= 15 is 0 Å². The van der Waals surface area contributed by atoms with Gasteiger partial charge in [-0.2, -0.15) is 13.2 Å². The maximum absolute atomic E-state index is 13.1. The van der Waals surface area contributed by atoms with Crippen molar-refractivity contribution in [3.8, 4) is 0 Å². The molecule has 2 amide bonds. The molecule has 0 fully saturated rings. The molecule has 3 aromatic rings. The van der Waals surface area contributed by atoms with E-state index in [1.54, 1.807) is 19.1 Å². The van der Waals surface area contributed by atoms with Crippen molar-refractivity contribution in [3.05, 3.63) is 70.3 Å². The molecule has 0 radical (unpaired) electrons. The number of benzene rings is 2. The summed E-state index contributed by atoms with van der Waals surface area (Å²) in [6.45, 7) is 3.33. The highest BCUT2D eigenvalue weighted by Crippen LogP contribution is 2.34. The molecule has 0 spiro atoms. The zero-order valence-electron chi connectivity index (χ0n) is 18.1. The van der Waals surface area contributed by atoms with Gasteiger partial charge < -0.3 is 10.2 Å². The Morgan fingerprint density at radius 1 is 1.12 bits per heavy atom. The zero-order chi connectivity index (χ0) is 24.2. The van der Waals surface area contributed by atoms with Crippen molar-refractivity contribution in [1.29, 1.82) is 0 Å². The second-order valence-electron chi connectivity index (χ2n) is 7.46. The molecule has 174 valence electrons. The summed E-state index contributed by atoms with van der Waals surface area (Å²) in [5.41, 5.74) is -0.158. The van der Waals surface area contributed by atoms with Gasteiger partial charge in [0.2, 0.25) is 11.8 Å². The van der Waals surface area contributed by atoms with E-state index in [1.165, 1.54) is 27.9 Å². The Morgan fingerprint density at radius 3 is 2.55 bits per heavy atom. The van der Waals surface area contributed by atoms with Crippen molar-refractivity contribution in [2.45, 2.75) is 33.0 Å². The van der Waals surface area contributed by atoms with Gasteiger partial charge in [0.1, 0.15) is 0 Å². The monoisotopic (exact) mass is 460 g/mol. The van der Waals surface area contributed by atoms with Crippen LogP contribution in [0, 0.1) is 6.92 Å². The van der Waals surface area contributed by atoms with Gasteiger partial charge in [0.25, 0.3) is 5.56 Å². The molecular formula is C23H23F3N4O3. The topological polar surface area (TPSA) is 84.3 Å². The van der Waals surface area contributed by atoms with Crippen molar-refractivity contribution in [2.75, 3.05) is 18.4 Å². The van der Waals surface area contributed by atoms with E-state index in [4.69, 9.17) is 0 Å². The zero-order valence-corrected chi connectivity index (χ0v) is 18.1. The molecule has 0 aliphatic carbocycles. The molecular weight excluding hydrogens is 437 g/mol. The van der Waals surface area contributed by atoms with Gasteiger partial charge in [-0.05, 0) is 37.6 Å².